The molecule has 1 aliphatic heterocycles. The van der Waals surface area contributed by atoms with Crippen LogP contribution < -0.4 is 5.32 Å². The first kappa shape index (κ1) is 17.0. The van der Waals surface area contributed by atoms with Crippen molar-refractivity contribution in [3.8, 4) is 0 Å². The van der Waals surface area contributed by atoms with Gasteiger partial charge >= 0.3 is 0 Å². The molecule has 5 heteroatoms. The van der Waals surface area contributed by atoms with Crippen LogP contribution >= 0.6 is 24.0 Å². The Morgan fingerprint density at radius 2 is 1.88 bits per heavy atom. The van der Waals surface area contributed by atoms with E-state index in [9.17, 15) is 0 Å². The van der Waals surface area contributed by atoms with Crippen LogP contribution in [0, 0.1) is 0 Å². The minimum absolute atomic E-state index is 0. The maximum atomic E-state index is 4.42. The Balaban J connectivity index is 0.00000256. The minimum atomic E-state index is 0. The average molecular weight is 354 g/mol. The standard InChI is InChI=1S/C12H26N4.HI/c1-10(2)16(11(3)4)9-7-14-12-13-6-8-15(12)5;/h10-11H,6-9H2,1-5H3,(H,13,14);1H. The second-order valence-electron chi connectivity index (χ2n) is 4.98. The molecule has 17 heavy (non-hydrogen) atoms. The minimum Gasteiger partial charge on any atom is -0.355 e. The topological polar surface area (TPSA) is 30.9 Å². The number of halogens is 1. The summed E-state index contributed by atoms with van der Waals surface area (Å²) in [5.41, 5.74) is 0. The van der Waals surface area contributed by atoms with Gasteiger partial charge in [0.05, 0.1) is 6.54 Å². The van der Waals surface area contributed by atoms with E-state index in [4.69, 9.17) is 0 Å². The van der Waals surface area contributed by atoms with Crippen molar-refractivity contribution < 1.29 is 0 Å². The van der Waals surface area contributed by atoms with E-state index < -0.39 is 0 Å². The predicted molar refractivity (Wildman–Crippen MR) is 85.3 cm³/mol. The van der Waals surface area contributed by atoms with Crippen LogP contribution in [-0.4, -0.2) is 61.1 Å². The summed E-state index contributed by atoms with van der Waals surface area (Å²) in [5, 5.41) is 3.41. The molecule has 0 amide bonds. The van der Waals surface area contributed by atoms with Gasteiger partial charge in [-0.15, -0.1) is 24.0 Å². The monoisotopic (exact) mass is 354 g/mol. The molecule has 102 valence electrons. The molecule has 0 aromatic heterocycles. The lowest BCUT2D eigenvalue weighted by Crippen LogP contribution is -2.44. The van der Waals surface area contributed by atoms with E-state index >= 15 is 0 Å². The molecule has 1 N–H and O–H groups in total. The van der Waals surface area contributed by atoms with Gasteiger partial charge in [0.2, 0.25) is 0 Å². The number of hydrogen-bond acceptors (Lipinski definition) is 4. The molecule has 0 aliphatic carbocycles. The summed E-state index contributed by atoms with van der Waals surface area (Å²) < 4.78 is 0. The van der Waals surface area contributed by atoms with E-state index in [0.29, 0.717) is 12.1 Å². The molecule has 0 spiro atoms. The third-order valence-corrected chi connectivity index (χ3v) is 3.04. The third kappa shape index (κ3) is 5.42. The van der Waals surface area contributed by atoms with Crippen LogP contribution in [0.4, 0.5) is 0 Å². The summed E-state index contributed by atoms with van der Waals surface area (Å²) in [6.07, 6.45) is 0. The third-order valence-electron chi connectivity index (χ3n) is 3.04. The van der Waals surface area contributed by atoms with Gasteiger partial charge in [0.1, 0.15) is 0 Å². The summed E-state index contributed by atoms with van der Waals surface area (Å²) in [6, 6.07) is 1.20. The van der Waals surface area contributed by atoms with Crippen molar-refractivity contribution in [2.75, 3.05) is 33.2 Å². The fourth-order valence-corrected chi connectivity index (χ4v) is 2.13. The van der Waals surface area contributed by atoms with Gasteiger partial charge in [0.15, 0.2) is 5.96 Å². The SMILES string of the molecule is CC(C)N(CCNC1=NCCN1C)C(C)C.I. The lowest BCUT2D eigenvalue weighted by Gasteiger charge is -2.30. The second-order valence-corrected chi connectivity index (χ2v) is 4.98. The normalized spacial score (nSPS) is 15.5. The van der Waals surface area contributed by atoms with Crippen molar-refractivity contribution in [1.82, 2.24) is 15.1 Å². The summed E-state index contributed by atoms with van der Waals surface area (Å²) in [4.78, 5) is 9.08. The highest BCUT2D eigenvalue weighted by molar-refractivity contribution is 14.0. The number of guanidine groups is 1. The molecule has 0 aromatic carbocycles. The first-order chi connectivity index (χ1) is 7.52. The number of nitrogens with one attached hydrogen (secondary N) is 1. The lowest BCUT2D eigenvalue weighted by atomic mass is 10.2. The maximum absolute atomic E-state index is 4.42. The first-order valence-corrected chi connectivity index (χ1v) is 6.27. The van der Waals surface area contributed by atoms with Gasteiger partial charge < -0.3 is 10.2 Å². The van der Waals surface area contributed by atoms with Crippen LogP contribution in [-0.2, 0) is 0 Å². The van der Waals surface area contributed by atoms with E-state index in [1.165, 1.54) is 0 Å². The molecule has 0 radical (unpaired) electrons. The number of rotatable bonds is 5. The van der Waals surface area contributed by atoms with Gasteiger partial charge in [-0.3, -0.25) is 9.89 Å². The highest BCUT2D eigenvalue weighted by Crippen LogP contribution is 2.03. The molecule has 0 bridgehead atoms. The summed E-state index contributed by atoms with van der Waals surface area (Å²) in [5.74, 6) is 1.05. The fraction of sp³-hybridized carbons (Fsp3) is 0.917. The molecular weight excluding hydrogens is 327 g/mol. The lowest BCUT2D eigenvalue weighted by molar-refractivity contribution is 0.178. The molecule has 0 saturated heterocycles. The Kier molecular flexibility index (Phi) is 8.11. The zero-order valence-corrected chi connectivity index (χ0v) is 14.1. The maximum Gasteiger partial charge on any atom is 0.193 e. The van der Waals surface area contributed by atoms with E-state index in [-0.39, 0.29) is 24.0 Å². The smallest absolute Gasteiger partial charge is 0.193 e. The zero-order valence-electron chi connectivity index (χ0n) is 11.7. The van der Waals surface area contributed by atoms with Crippen molar-refractivity contribution in [3.05, 3.63) is 0 Å². The highest BCUT2D eigenvalue weighted by Gasteiger charge is 2.15. The quantitative estimate of drug-likeness (QED) is 0.762. The first-order valence-electron chi connectivity index (χ1n) is 6.27. The van der Waals surface area contributed by atoms with Crippen LogP contribution in [0.1, 0.15) is 27.7 Å². The van der Waals surface area contributed by atoms with Crippen molar-refractivity contribution in [3.63, 3.8) is 0 Å². The van der Waals surface area contributed by atoms with Crippen molar-refractivity contribution in [1.29, 1.82) is 0 Å². The number of aliphatic imine (C=N–C) groups is 1. The Bertz CT molecular complexity index is 233. The fourth-order valence-electron chi connectivity index (χ4n) is 2.13. The molecular formula is C12H27IN4. The van der Waals surface area contributed by atoms with Crippen LogP contribution in [0.15, 0.2) is 4.99 Å². The van der Waals surface area contributed by atoms with Crippen LogP contribution in [0.2, 0.25) is 0 Å². The molecule has 1 rings (SSSR count). The molecule has 4 nitrogen and oxygen atoms in total. The summed E-state index contributed by atoms with van der Waals surface area (Å²) in [7, 11) is 2.08. The van der Waals surface area contributed by atoms with E-state index in [1.54, 1.807) is 0 Å². The Hall–Kier alpha value is -0.0400. The van der Waals surface area contributed by atoms with Crippen molar-refractivity contribution >= 4 is 29.9 Å². The molecule has 0 aromatic rings. The van der Waals surface area contributed by atoms with Crippen LogP contribution in [0.5, 0.6) is 0 Å². The summed E-state index contributed by atoms with van der Waals surface area (Å²) in [6.45, 7) is 13.0. The molecule has 1 heterocycles. The Morgan fingerprint density at radius 1 is 1.29 bits per heavy atom. The van der Waals surface area contributed by atoms with Gasteiger partial charge in [-0.25, -0.2) is 0 Å². The van der Waals surface area contributed by atoms with E-state index in [0.717, 1.165) is 32.1 Å². The molecule has 1 aliphatic rings. The van der Waals surface area contributed by atoms with Crippen LogP contribution in [0.3, 0.4) is 0 Å². The average Bonchev–Trinajstić information content (AvgIpc) is 2.57. The van der Waals surface area contributed by atoms with Crippen molar-refractivity contribution in [2.24, 2.45) is 4.99 Å². The zero-order chi connectivity index (χ0) is 12.1. The molecule has 0 atom stereocenters. The van der Waals surface area contributed by atoms with E-state index in [2.05, 4.69) is 54.9 Å². The second kappa shape index (κ2) is 8.13. The Labute approximate surface area is 123 Å². The van der Waals surface area contributed by atoms with Gasteiger partial charge in [-0.2, -0.15) is 0 Å². The molecule has 0 unspecified atom stereocenters. The van der Waals surface area contributed by atoms with Gasteiger partial charge in [-0.1, -0.05) is 0 Å². The number of likely N-dealkylation sites (N-methyl/N-ethyl adjacent to an activating group) is 1. The Morgan fingerprint density at radius 3 is 2.29 bits per heavy atom. The van der Waals surface area contributed by atoms with E-state index in [1.807, 2.05) is 0 Å². The molecule has 0 saturated carbocycles. The predicted octanol–water partition coefficient (Wildman–Crippen LogP) is 1.61. The molecule has 0 fully saturated rings. The number of nitrogens with zero attached hydrogens (tertiary/aromatic N) is 3. The van der Waals surface area contributed by atoms with Gasteiger partial charge in [-0.05, 0) is 27.7 Å². The largest absolute Gasteiger partial charge is 0.355 e. The van der Waals surface area contributed by atoms with Crippen molar-refractivity contribution in [2.45, 2.75) is 39.8 Å². The highest BCUT2D eigenvalue weighted by atomic mass is 127. The van der Waals surface area contributed by atoms with Crippen LogP contribution in [0.25, 0.3) is 0 Å². The van der Waals surface area contributed by atoms with Gasteiger partial charge in [0, 0.05) is 38.8 Å². The summed E-state index contributed by atoms with van der Waals surface area (Å²) >= 11 is 0. The number of hydrogen-bond donors (Lipinski definition) is 1. The van der Waals surface area contributed by atoms with Gasteiger partial charge in [0.25, 0.3) is 0 Å².